The van der Waals surface area contributed by atoms with Crippen LogP contribution < -0.4 is 10.7 Å². The van der Waals surface area contributed by atoms with Crippen LogP contribution in [0.1, 0.15) is 26.3 Å². The summed E-state index contributed by atoms with van der Waals surface area (Å²) in [5, 5.41) is 14.6. The summed E-state index contributed by atoms with van der Waals surface area (Å²) >= 11 is 0. The standard InChI is InChI=1S/C20H23NO3/c1-20(2,3)21-12-14(22)10-13-8-9-18-16(11-13)19(23)15-6-4-5-7-17(15)24-18/h4-9,11,14,21-22H,10,12H2,1-3H3. The van der Waals surface area contributed by atoms with E-state index in [0.717, 1.165) is 5.56 Å². The molecule has 3 aromatic rings. The van der Waals surface area contributed by atoms with Crippen molar-refractivity contribution in [3.8, 4) is 0 Å². The highest BCUT2D eigenvalue weighted by molar-refractivity contribution is 5.89. The van der Waals surface area contributed by atoms with Crippen LogP contribution in [-0.2, 0) is 6.42 Å². The lowest BCUT2D eigenvalue weighted by molar-refractivity contribution is 0.161. The average molecular weight is 325 g/mol. The summed E-state index contributed by atoms with van der Waals surface area (Å²) in [5.41, 5.74) is 2.02. The SMILES string of the molecule is CC(C)(C)NCC(O)Cc1ccc2oc3ccccc3c(=O)c2c1. The Morgan fingerprint density at radius 2 is 1.79 bits per heavy atom. The Labute approximate surface area is 141 Å². The molecule has 2 aromatic carbocycles. The Morgan fingerprint density at radius 3 is 2.54 bits per heavy atom. The Morgan fingerprint density at radius 1 is 1.08 bits per heavy atom. The Bertz CT molecular complexity index is 921. The van der Waals surface area contributed by atoms with Gasteiger partial charge >= 0.3 is 0 Å². The van der Waals surface area contributed by atoms with Gasteiger partial charge in [-0.2, -0.15) is 0 Å². The lowest BCUT2D eigenvalue weighted by Crippen LogP contribution is -2.41. The van der Waals surface area contributed by atoms with Gasteiger partial charge in [-0.1, -0.05) is 18.2 Å². The van der Waals surface area contributed by atoms with E-state index in [2.05, 4.69) is 26.1 Å². The van der Waals surface area contributed by atoms with Crippen LogP contribution in [0.2, 0.25) is 0 Å². The molecule has 2 N–H and O–H groups in total. The van der Waals surface area contributed by atoms with E-state index in [-0.39, 0.29) is 11.0 Å². The van der Waals surface area contributed by atoms with Crippen LogP contribution >= 0.6 is 0 Å². The van der Waals surface area contributed by atoms with Gasteiger partial charge in [0.15, 0.2) is 0 Å². The molecule has 4 heteroatoms. The number of nitrogens with one attached hydrogen (secondary N) is 1. The number of β-amino-alcohol motifs (C(OH)–C–C–N with tert-alkyl or cyclic N) is 1. The van der Waals surface area contributed by atoms with Crippen LogP contribution in [0.25, 0.3) is 21.9 Å². The Hall–Kier alpha value is -2.17. The highest BCUT2D eigenvalue weighted by Crippen LogP contribution is 2.20. The van der Waals surface area contributed by atoms with Gasteiger partial charge in [-0.25, -0.2) is 0 Å². The summed E-state index contributed by atoms with van der Waals surface area (Å²) in [7, 11) is 0. The smallest absolute Gasteiger partial charge is 0.200 e. The van der Waals surface area contributed by atoms with Gasteiger partial charge in [-0.15, -0.1) is 0 Å². The van der Waals surface area contributed by atoms with Crippen molar-refractivity contribution in [1.29, 1.82) is 0 Å². The molecule has 1 aromatic heterocycles. The summed E-state index contributed by atoms with van der Waals surface area (Å²) in [4.78, 5) is 12.6. The summed E-state index contributed by atoms with van der Waals surface area (Å²) < 4.78 is 5.80. The minimum absolute atomic E-state index is 0.0315. The van der Waals surface area contributed by atoms with Gasteiger partial charge in [-0.05, 0) is 57.0 Å². The molecule has 24 heavy (non-hydrogen) atoms. The van der Waals surface area contributed by atoms with E-state index in [1.165, 1.54) is 0 Å². The van der Waals surface area contributed by atoms with Crippen molar-refractivity contribution in [1.82, 2.24) is 5.32 Å². The van der Waals surface area contributed by atoms with E-state index in [4.69, 9.17) is 4.42 Å². The van der Waals surface area contributed by atoms with Crippen molar-refractivity contribution >= 4 is 21.9 Å². The summed E-state index contributed by atoms with van der Waals surface area (Å²) in [6.45, 7) is 6.69. The van der Waals surface area contributed by atoms with Crippen molar-refractivity contribution in [2.75, 3.05) is 6.54 Å². The molecule has 0 bridgehead atoms. The molecule has 0 spiro atoms. The predicted molar refractivity (Wildman–Crippen MR) is 97.5 cm³/mol. The first kappa shape index (κ1) is 16.7. The third-order valence-corrected chi connectivity index (χ3v) is 3.98. The van der Waals surface area contributed by atoms with Crippen LogP contribution in [0.15, 0.2) is 51.7 Å². The number of rotatable bonds is 4. The Balaban J connectivity index is 1.89. The van der Waals surface area contributed by atoms with E-state index in [9.17, 15) is 9.90 Å². The molecule has 0 aliphatic carbocycles. The topological polar surface area (TPSA) is 62.5 Å². The monoisotopic (exact) mass is 325 g/mol. The first-order valence-electron chi connectivity index (χ1n) is 8.21. The zero-order valence-corrected chi connectivity index (χ0v) is 14.3. The fourth-order valence-electron chi connectivity index (χ4n) is 2.75. The van der Waals surface area contributed by atoms with E-state index >= 15 is 0 Å². The zero-order valence-electron chi connectivity index (χ0n) is 14.3. The molecule has 0 saturated carbocycles. The van der Waals surface area contributed by atoms with E-state index in [1.54, 1.807) is 12.1 Å². The molecule has 0 aliphatic heterocycles. The van der Waals surface area contributed by atoms with Gasteiger partial charge < -0.3 is 14.8 Å². The summed E-state index contributed by atoms with van der Waals surface area (Å²) in [5.74, 6) is 0. The highest BCUT2D eigenvalue weighted by atomic mass is 16.3. The van der Waals surface area contributed by atoms with Crippen molar-refractivity contribution in [3.05, 3.63) is 58.3 Å². The van der Waals surface area contributed by atoms with Crippen molar-refractivity contribution < 1.29 is 9.52 Å². The lowest BCUT2D eigenvalue weighted by Gasteiger charge is -2.23. The first-order valence-corrected chi connectivity index (χ1v) is 8.21. The zero-order chi connectivity index (χ0) is 17.3. The van der Waals surface area contributed by atoms with Crippen LogP contribution in [0, 0.1) is 0 Å². The van der Waals surface area contributed by atoms with E-state index < -0.39 is 6.10 Å². The maximum atomic E-state index is 12.6. The number of para-hydroxylation sites is 1. The molecule has 0 radical (unpaired) electrons. The molecule has 1 heterocycles. The third-order valence-electron chi connectivity index (χ3n) is 3.98. The second-order valence-corrected chi connectivity index (χ2v) is 7.25. The molecule has 0 aliphatic rings. The first-order chi connectivity index (χ1) is 11.3. The van der Waals surface area contributed by atoms with Crippen LogP contribution in [0.5, 0.6) is 0 Å². The molecule has 0 amide bonds. The van der Waals surface area contributed by atoms with Crippen molar-refractivity contribution in [3.63, 3.8) is 0 Å². The second kappa shape index (κ2) is 6.38. The molecular formula is C20H23NO3. The molecule has 126 valence electrons. The average Bonchev–Trinajstić information content (AvgIpc) is 2.53. The second-order valence-electron chi connectivity index (χ2n) is 7.25. The number of aliphatic hydroxyl groups is 1. The maximum Gasteiger partial charge on any atom is 0.200 e. The maximum absolute atomic E-state index is 12.6. The molecule has 4 nitrogen and oxygen atoms in total. The van der Waals surface area contributed by atoms with Gasteiger partial charge in [0, 0.05) is 12.1 Å². The predicted octanol–water partition coefficient (Wildman–Crippen LogP) is 3.24. The fraction of sp³-hybridized carbons (Fsp3) is 0.350. The molecular weight excluding hydrogens is 302 g/mol. The molecule has 1 unspecified atom stereocenters. The molecule has 3 rings (SSSR count). The quantitative estimate of drug-likeness (QED) is 0.723. The normalized spacial score (nSPS) is 13.5. The van der Waals surface area contributed by atoms with Gasteiger partial charge in [-0.3, -0.25) is 4.79 Å². The minimum Gasteiger partial charge on any atom is -0.456 e. The van der Waals surface area contributed by atoms with E-state index in [0.29, 0.717) is 34.9 Å². The molecule has 1 atom stereocenters. The lowest BCUT2D eigenvalue weighted by atomic mass is 10.0. The fourth-order valence-corrected chi connectivity index (χ4v) is 2.75. The van der Waals surface area contributed by atoms with Crippen LogP contribution in [0.4, 0.5) is 0 Å². The van der Waals surface area contributed by atoms with Gasteiger partial charge in [0.2, 0.25) is 5.43 Å². The molecule has 0 saturated heterocycles. The largest absolute Gasteiger partial charge is 0.456 e. The van der Waals surface area contributed by atoms with Gasteiger partial charge in [0.05, 0.1) is 16.9 Å². The van der Waals surface area contributed by atoms with E-state index in [1.807, 2.05) is 30.3 Å². The third kappa shape index (κ3) is 3.66. The van der Waals surface area contributed by atoms with Crippen LogP contribution in [-0.4, -0.2) is 23.3 Å². The number of aliphatic hydroxyl groups excluding tert-OH is 1. The van der Waals surface area contributed by atoms with Crippen LogP contribution in [0.3, 0.4) is 0 Å². The van der Waals surface area contributed by atoms with Gasteiger partial charge in [0.25, 0.3) is 0 Å². The number of fused-ring (bicyclic) bond motifs is 2. The number of hydrogen-bond acceptors (Lipinski definition) is 4. The highest BCUT2D eigenvalue weighted by Gasteiger charge is 2.14. The van der Waals surface area contributed by atoms with Gasteiger partial charge in [0.1, 0.15) is 11.2 Å². The van der Waals surface area contributed by atoms with Crippen molar-refractivity contribution in [2.24, 2.45) is 0 Å². The van der Waals surface area contributed by atoms with Crippen molar-refractivity contribution in [2.45, 2.75) is 38.8 Å². The number of benzene rings is 2. The molecule has 0 fully saturated rings. The number of hydrogen-bond donors (Lipinski definition) is 2. The Kier molecular flexibility index (Phi) is 4.43. The minimum atomic E-state index is -0.505. The summed E-state index contributed by atoms with van der Waals surface area (Å²) in [6, 6.07) is 12.8. The summed E-state index contributed by atoms with van der Waals surface area (Å²) in [6.07, 6.45) is -0.0140.